The number of hydrogen-bond acceptors (Lipinski definition) is 6. The Labute approximate surface area is 198 Å². The summed E-state index contributed by atoms with van der Waals surface area (Å²) in [6.45, 7) is 9.28. The lowest BCUT2D eigenvalue weighted by atomic mass is 9.41. The first kappa shape index (κ1) is 23.7. The van der Waals surface area contributed by atoms with E-state index >= 15 is 0 Å². The molecule has 186 valence electrons. The molecule has 0 spiro atoms. The van der Waals surface area contributed by atoms with Crippen LogP contribution in [0.4, 0.5) is 0 Å². The van der Waals surface area contributed by atoms with Gasteiger partial charge in [0, 0.05) is 6.42 Å². The summed E-state index contributed by atoms with van der Waals surface area (Å²) in [5, 5.41) is 48.5. The number of aromatic amines is 1. The van der Waals surface area contributed by atoms with E-state index in [0.717, 1.165) is 63.6 Å². The number of aromatic nitrogens is 4. The number of fused-ring (bicyclic) bond motifs is 5. The fraction of sp³-hybridized carbons (Fsp3) is 0.962. The van der Waals surface area contributed by atoms with Crippen LogP contribution in [0.25, 0.3) is 0 Å². The van der Waals surface area contributed by atoms with Gasteiger partial charge in [-0.2, -0.15) is 5.21 Å². The van der Waals surface area contributed by atoms with Crippen molar-refractivity contribution in [1.82, 2.24) is 20.6 Å². The Kier molecular flexibility index (Phi) is 6.14. The van der Waals surface area contributed by atoms with Crippen molar-refractivity contribution in [3.63, 3.8) is 0 Å². The number of tetrazole rings is 1. The van der Waals surface area contributed by atoms with Crippen molar-refractivity contribution in [1.29, 1.82) is 0 Å². The van der Waals surface area contributed by atoms with Crippen LogP contribution >= 0.6 is 0 Å². The minimum absolute atomic E-state index is 0.106. The van der Waals surface area contributed by atoms with Crippen LogP contribution in [0.1, 0.15) is 84.9 Å². The lowest BCUT2D eigenvalue weighted by Gasteiger charge is -2.65. The van der Waals surface area contributed by atoms with Crippen molar-refractivity contribution in [2.45, 2.75) is 104 Å². The number of hydrogen-bond donors (Lipinski definition) is 4. The van der Waals surface area contributed by atoms with Crippen molar-refractivity contribution in [3.8, 4) is 0 Å². The largest absolute Gasteiger partial charge is 0.393 e. The van der Waals surface area contributed by atoms with E-state index in [1.165, 1.54) is 0 Å². The molecule has 0 bridgehead atoms. The Morgan fingerprint density at radius 2 is 1.85 bits per heavy atom. The fourth-order valence-corrected chi connectivity index (χ4v) is 9.74. The van der Waals surface area contributed by atoms with E-state index in [1.807, 2.05) is 0 Å². The predicted molar refractivity (Wildman–Crippen MR) is 125 cm³/mol. The van der Waals surface area contributed by atoms with E-state index in [4.69, 9.17) is 0 Å². The average Bonchev–Trinajstić information content (AvgIpc) is 3.43. The van der Waals surface area contributed by atoms with Gasteiger partial charge in [0.25, 0.3) is 0 Å². The summed E-state index contributed by atoms with van der Waals surface area (Å²) >= 11 is 0. The summed E-state index contributed by atoms with van der Waals surface area (Å²) in [5.74, 6) is 3.22. The number of H-pyrrole nitrogens is 1. The molecule has 0 radical (unpaired) electrons. The second kappa shape index (κ2) is 8.56. The van der Waals surface area contributed by atoms with E-state index in [2.05, 4.69) is 48.3 Å². The summed E-state index contributed by atoms with van der Waals surface area (Å²) in [4.78, 5) is 0. The zero-order valence-electron chi connectivity index (χ0n) is 20.8. The number of nitrogens with one attached hydrogen (secondary N) is 1. The van der Waals surface area contributed by atoms with Crippen LogP contribution in [0.5, 0.6) is 0 Å². The van der Waals surface area contributed by atoms with Gasteiger partial charge in [0.2, 0.25) is 0 Å². The third-order valence-corrected chi connectivity index (χ3v) is 11.5. The highest BCUT2D eigenvalue weighted by Crippen LogP contribution is 2.69. The maximum absolute atomic E-state index is 11.8. The van der Waals surface area contributed by atoms with E-state index in [0.29, 0.717) is 29.6 Å². The van der Waals surface area contributed by atoms with Crippen LogP contribution in [0, 0.1) is 52.3 Å². The third kappa shape index (κ3) is 3.51. The van der Waals surface area contributed by atoms with Gasteiger partial charge in [0.05, 0.1) is 18.3 Å². The Balaban J connectivity index is 1.42. The van der Waals surface area contributed by atoms with Crippen LogP contribution < -0.4 is 0 Å². The molecule has 4 N–H and O–H groups in total. The van der Waals surface area contributed by atoms with Crippen molar-refractivity contribution in [3.05, 3.63) is 5.82 Å². The van der Waals surface area contributed by atoms with E-state index in [-0.39, 0.29) is 41.0 Å². The van der Waals surface area contributed by atoms with E-state index in [1.54, 1.807) is 0 Å². The van der Waals surface area contributed by atoms with Crippen molar-refractivity contribution in [2.75, 3.05) is 0 Å². The van der Waals surface area contributed by atoms with Gasteiger partial charge in [-0.15, -0.1) is 10.2 Å². The zero-order chi connectivity index (χ0) is 23.5. The molecule has 1 aromatic heterocycles. The standard InChI is InChI=1S/C26H44N4O3/c1-5-16-19-12-15(31)10-11-25(19,3)20-13-21(32)26(4)17(7-8-18(26)23(20)24(16)33)14(2)6-9-22-27-29-30-28-22/h14-21,23-24,31-33H,5-13H2,1-4H3,(H,27,28,29,30)/t14-,15-,16-,17?,18?,19?,20?,21+,23?,24-,25?,26?/m1/s1. The van der Waals surface area contributed by atoms with Crippen LogP contribution in [-0.4, -0.2) is 54.3 Å². The molecule has 1 heterocycles. The van der Waals surface area contributed by atoms with Gasteiger partial charge in [-0.05, 0) is 97.2 Å². The molecule has 5 rings (SSSR count). The first-order chi connectivity index (χ1) is 15.7. The topological polar surface area (TPSA) is 115 Å². The average molecular weight is 461 g/mol. The maximum atomic E-state index is 11.8. The summed E-state index contributed by atoms with van der Waals surface area (Å²) in [7, 11) is 0. The first-order valence-corrected chi connectivity index (χ1v) is 13.5. The molecule has 0 amide bonds. The monoisotopic (exact) mass is 460 g/mol. The second-order valence-corrected chi connectivity index (χ2v) is 12.5. The molecule has 1 aromatic rings. The Hall–Kier alpha value is -1.05. The molecule has 0 saturated heterocycles. The molecule has 7 unspecified atom stereocenters. The number of rotatable bonds is 5. The Morgan fingerprint density at radius 1 is 1.06 bits per heavy atom. The van der Waals surface area contributed by atoms with Crippen LogP contribution in [-0.2, 0) is 6.42 Å². The summed E-state index contributed by atoms with van der Waals surface area (Å²) in [6.07, 6.45) is 7.56. The van der Waals surface area contributed by atoms with Crippen molar-refractivity contribution in [2.24, 2.45) is 52.3 Å². The van der Waals surface area contributed by atoms with Crippen LogP contribution in [0.3, 0.4) is 0 Å². The number of aryl methyl sites for hydroxylation is 1. The minimum atomic E-state index is -0.335. The molecule has 0 aliphatic heterocycles. The number of aliphatic hydroxyl groups excluding tert-OH is 3. The highest BCUT2D eigenvalue weighted by molar-refractivity contribution is 5.15. The quantitative estimate of drug-likeness (QED) is 0.536. The Morgan fingerprint density at radius 3 is 2.55 bits per heavy atom. The lowest BCUT2D eigenvalue weighted by Crippen LogP contribution is -2.65. The predicted octanol–water partition coefficient (Wildman–Crippen LogP) is 3.37. The summed E-state index contributed by atoms with van der Waals surface area (Å²) < 4.78 is 0. The molecule has 7 nitrogen and oxygen atoms in total. The highest BCUT2D eigenvalue weighted by Gasteiger charge is 2.67. The molecular formula is C26H44N4O3. The molecule has 12 atom stereocenters. The molecule has 33 heavy (non-hydrogen) atoms. The van der Waals surface area contributed by atoms with Crippen LogP contribution in [0.15, 0.2) is 0 Å². The molecular weight excluding hydrogens is 416 g/mol. The molecule has 0 aromatic carbocycles. The van der Waals surface area contributed by atoms with Gasteiger partial charge in [0.15, 0.2) is 5.82 Å². The first-order valence-electron chi connectivity index (χ1n) is 13.5. The van der Waals surface area contributed by atoms with Crippen LogP contribution in [0.2, 0.25) is 0 Å². The molecule has 4 saturated carbocycles. The van der Waals surface area contributed by atoms with Crippen molar-refractivity contribution >= 4 is 0 Å². The maximum Gasteiger partial charge on any atom is 0.174 e. The van der Waals surface area contributed by atoms with Gasteiger partial charge in [-0.1, -0.05) is 39.3 Å². The minimum Gasteiger partial charge on any atom is -0.393 e. The van der Waals surface area contributed by atoms with Gasteiger partial charge >= 0.3 is 0 Å². The number of nitrogens with zero attached hydrogens (tertiary/aromatic N) is 3. The van der Waals surface area contributed by atoms with Crippen molar-refractivity contribution < 1.29 is 15.3 Å². The molecule has 4 fully saturated rings. The molecule has 7 heteroatoms. The fourth-order valence-electron chi connectivity index (χ4n) is 9.74. The van der Waals surface area contributed by atoms with Gasteiger partial charge in [-0.3, -0.25) is 0 Å². The summed E-state index contributed by atoms with van der Waals surface area (Å²) in [6, 6.07) is 0. The molecule has 4 aliphatic carbocycles. The van der Waals surface area contributed by atoms with Gasteiger partial charge < -0.3 is 15.3 Å². The summed E-state index contributed by atoms with van der Waals surface area (Å²) in [5.41, 5.74) is -0.0527. The van der Waals surface area contributed by atoms with E-state index in [9.17, 15) is 15.3 Å². The Bertz CT molecular complexity index is 820. The third-order valence-electron chi connectivity index (χ3n) is 11.5. The lowest BCUT2D eigenvalue weighted by molar-refractivity contribution is -0.228. The highest BCUT2D eigenvalue weighted by atomic mass is 16.3. The van der Waals surface area contributed by atoms with Gasteiger partial charge in [-0.25, -0.2) is 0 Å². The second-order valence-electron chi connectivity index (χ2n) is 12.5. The normalized spacial score (nSPS) is 50.3. The smallest absolute Gasteiger partial charge is 0.174 e. The SMILES string of the molecule is CC[C@@H]1C2C[C@H](O)CCC2(C)C2C[C@H](O)C3(C)C(CCC3[C@H](C)CCc3nn[nH]n3)C2[C@@H]1O. The molecule has 4 aliphatic rings. The zero-order valence-corrected chi connectivity index (χ0v) is 20.8. The number of aliphatic hydroxyl groups is 3. The van der Waals surface area contributed by atoms with E-state index < -0.39 is 0 Å². The van der Waals surface area contributed by atoms with Gasteiger partial charge in [0.1, 0.15) is 0 Å².